The number of hydrogen-bond acceptors (Lipinski definition) is 6. The van der Waals surface area contributed by atoms with Crippen LogP contribution in [0.2, 0.25) is 0 Å². The Labute approximate surface area is 164 Å². The third kappa shape index (κ3) is 4.34. The van der Waals surface area contributed by atoms with Crippen LogP contribution in [-0.4, -0.2) is 29.0 Å². The standard InChI is InChI=1S/C20H18F2N2O5/c1-3-27-15-10-6-7-12(17(15)29-20(21)22)11-28-19(26)16-13-8-4-5-9-14(13)18(25)24(2)23-16/h4-10,20H,3,11H2,1-2H3. The molecule has 0 spiro atoms. The van der Waals surface area contributed by atoms with E-state index >= 15 is 0 Å². The summed E-state index contributed by atoms with van der Waals surface area (Å²) in [4.78, 5) is 24.8. The number of nitrogens with zero attached hydrogens (tertiary/aromatic N) is 2. The molecule has 0 aliphatic carbocycles. The van der Waals surface area contributed by atoms with Crippen LogP contribution in [0.5, 0.6) is 11.5 Å². The smallest absolute Gasteiger partial charge is 0.387 e. The molecule has 9 heteroatoms. The number of para-hydroxylation sites is 1. The van der Waals surface area contributed by atoms with Gasteiger partial charge >= 0.3 is 12.6 Å². The highest BCUT2D eigenvalue weighted by Crippen LogP contribution is 2.33. The van der Waals surface area contributed by atoms with Gasteiger partial charge in [-0.05, 0) is 19.1 Å². The predicted octanol–water partition coefficient (Wildman–Crippen LogP) is 3.29. The van der Waals surface area contributed by atoms with Gasteiger partial charge in [0, 0.05) is 18.0 Å². The monoisotopic (exact) mass is 404 g/mol. The summed E-state index contributed by atoms with van der Waals surface area (Å²) in [5.74, 6) is -0.885. The second kappa shape index (κ2) is 8.68. The lowest BCUT2D eigenvalue weighted by molar-refractivity contribution is -0.0526. The molecule has 29 heavy (non-hydrogen) atoms. The van der Waals surface area contributed by atoms with E-state index in [1.165, 1.54) is 19.2 Å². The van der Waals surface area contributed by atoms with Gasteiger partial charge in [-0.2, -0.15) is 13.9 Å². The van der Waals surface area contributed by atoms with E-state index in [1.54, 1.807) is 37.3 Å². The highest BCUT2D eigenvalue weighted by molar-refractivity contribution is 6.02. The van der Waals surface area contributed by atoms with Crippen molar-refractivity contribution in [2.75, 3.05) is 6.61 Å². The largest absolute Gasteiger partial charge is 0.490 e. The molecule has 0 saturated heterocycles. The fraction of sp³-hybridized carbons (Fsp3) is 0.250. The predicted molar refractivity (Wildman–Crippen MR) is 100 cm³/mol. The fourth-order valence-corrected chi connectivity index (χ4v) is 2.83. The molecule has 1 aromatic heterocycles. The van der Waals surface area contributed by atoms with Crippen LogP contribution in [-0.2, 0) is 18.4 Å². The number of fused-ring (bicyclic) bond motifs is 1. The Hall–Kier alpha value is -3.49. The van der Waals surface area contributed by atoms with Gasteiger partial charge in [-0.3, -0.25) is 4.79 Å². The van der Waals surface area contributed by atoms with Gasteiger partial charge in [0.25, 0.3) is 5.56 Å². The highest BCUT2D eigenvalue weighted by atomic mass is 19.3. The number of aromatic nitrogens is 2. The third-order valence-electron chi connectivity index (χ3n) is 4.08. The van der Waals surface area contributed by atoms with Crippen LogP contribution in [0.1, 0.15) is 23.0 Å². The summed E-state index contributed by atoms with van der Waals surface area (Å²) in [6.45, 7) is -1.47. The Morgan fingerprint density at radius 2 is 1.86 bits per heavy atom. The third-order valence-corrected chi connectivity index (χ3v) is 4.08. The van der Waals surface area contributed by atoms with Gasteiger partial charge < -0.3 is 14.2 Å². The molecule has 3 aromatic rings. The van der Waals surface area contributed by atoms with Gasteiger partial charge in [-0.15, -0.1) is 0 Å². The van der Waals surface area contributed by atoms with Crippen molar-refractivity contribution in [1.29, 1.82) is 0 Å². The van der Waals surface area contributed by atoms with Crippen molar-refractivity contribution >= 4 is 16.7 Å². The van der Waals surface area contributed by atoms with Crippen LogP contribution in [0.4, 0.5) is 8.78 Å². The first-order valence-corrected chi connectivity index (χ1v) is 8.75. The molecule has 0 unspecified atom stereocenters. The van der Waals surface area contributed by atoms with Crippen LogP contribution >= 0.6 is 0 Å². The molecule has 3 rings (SSSR count). The minimum atomic E-state index is -3.07. The molecule has 0 amide bonds. The molecule has 0 fully saturated rings. The van der Waals surface area contributed by atoms with Gasteiger partial charge in [-0.25, -0.2) is 9.48 Å². The van der Waals surface area contributed by atoms with Crippen LogP contribution in [0.3, 0.4) is 0 Å². The molecule has 2 aromatic carbocycles. The minimum absolute atomic E-state index is 0.0556. The number of carbonyl (C=O) groups is 1. The molecule has 0 aliphatic rings. The number of esters is 1. The summed E-state index contributed by atoms with van der Waals surface area (Å²) in [7, 11) is 1.42. The van der Waals surface area contributed by atoms with Crippen molar-refractivity contribution in [3.8, 4) is 11.5 Å². The van der Waals surface area contributed by atoms with Gasteiger partial charge in [0.15, 0.2) is 17.2 Å². The van der Waals surface area contributed by atoms with Gasteiger partial charge in [0.05, 0.1) is 12.0 Å². The lowest BCUT2D eigenvalue weighted by atomic mass is 10.1. The number of carbonyl (C=O) groups excluding carboxylic acids is 1. The molecule has 1 heterocycles. The highest BCUT2D eigenvalue weighted by Gasteiger charge is 2.20. The lowest BCUT2D eigenvalue weighted by Crippen LogP contribution is -2.23. The molecular weight excluding hydrogens is 386 g/mol. The summed E-state index contributed by atoms with van der Waals surface area (Å²) in [6, 6.07) is 11.0. The Bertz CT molecular complexity index is 1100. The van der Waals surface area contributed by atoms with E-state index in [0.29, 0.717) is 10.8 Å². The second-order valence-electron chi connectivity index (χ2n) is 5.95. The van der Waals surface area contributed by atoms with E-state index in [4.69, 9.17) is 9.47 Å². The first-order chi connectivity index (χ1) is 13.9. The zero-order valence-corrected chi connectivity index (χ0v) is 15.7. The van der Waals surface area contributed by atoms with Crippen molar-refractivity contribution < 1.29 is 27.8 Å². The molecular formula is C20H18F2N2O5. The summed E-state index contributed by atoms with van der Waals surface area (Å²) in [5, 5.41) is 4.64. The maximum atomic E-state index is 12.8. The number of ether oxygens (including phenoxy) is 3. The molecule has 0 N–H and O–H groups in total. The molecule has 0 radical (unpaired) electrons. The van der Waals surface area contributed by atoms with Crippen LogP contribution in [0.25, 0.3) is 10.8 Å². The Morgan fingerprint density at radius 3 is 2.55 bits per heavy atom. The van der Waals surface area contributed by atoms with E-state index in [1.807, 2.05) is 0 Å². The Morgan fingerprint density at radius 1 is 1.14 bits per heavy atom. The number of alkyl halides is 2. The zero-order chi connectivity index (χ0) is 21.0. The number of halogens is 2. The summed E-state index contributed by atoms with van der Waals surface area (Å²) >= 11 is 0. The Kier molecular flexibility index (Phi) is 6.06. The van der Waals surface area contributed by atoms with Crippen LogP contribution < -0.4 is 15.0 Å². The van der Waals surface area contributed by atoms with Gasteiger partial charge in [0.2, 0.25) is 0 Å². The fourth-order valence-electron chi connectivity index (χ4n) is 2.83. The van der Waals surface area contributed by atoms with Crippen LogP contribution in [0, 0.1) is 0 Å². The second-order valence-corrected chi connectivity index (χ2v) is 5.95. The van der Waals surface area contributed by atoms with E-state index in [2.05, 4.69) is 9.84 Å². The number of hydrogen-bond donors (Lipinski definition) is 0. The maximum Gasteiger partial charge on any atom is 0.387 e. The van der Waals surface area contributed by atoms with Crippen molar-refractivity contribution in [1.82, 2.24) is 9.78 Å². The van der Waals surface area contributed by atoms with Gasteiger partial charge in [0.1, 0.15) is 6.61 Å². The topological polar surface area (TPSA) is 79.7 Å². The molecule has 0 bridgehead atoms. The number of rotatable bonds is 7. The molecule has 7 nitrogen and oxygen atoms in total. The minimum Gasteiger partial charge on any atom is -0.490 e. The number of aryl methyl sites for hydroxylation is 1. The number of benzene rings is 2. The normalized spacial score (nSPS) is 10.9. The van der Waals surface area contributed by atoms with Crippen molar-refractivity contribution in [3.05, 3.63) is 64.1 Å². The molecule has 0 atom stereocenters. The van der Waals surface area contributed by atoms with Crippen LogP contribution in [0.15, 0.2) is 47.3 Å². The van der Waals surface area contributed by atoms with Crippen molar-refractivity contribution in [3.63, 3.8) is 0 Å². The zero-order valence-electron chi connectivity index (χ0n) is 15.7. The quantitative estimate of drug-likeness (QED) is 0.563. The molecule has 0 aliphatic heterocycles. The summed E-state index contributed by atoms with van der Waals surface area (Å²) < 4.78 is 41.8. The van der Waals surface area contributed by atoms with E-state index < -0.39 is 12.6 Å². The lowest BCUT2D eigenvalue weighted by Gasteiger charge is -2.15. The first kappa shape index (κ1) is 20.2. The molecule has 0 saturated carbocycles. The summed E-state index contributed by atoms with van der Waals surface area (Å²) in [6.07, 6.45) is 0. The SMILES string of the molecule is CCOc1cccc(COC(=O)c2nn(C)c(=O)c3ccccc23)c1OC(F)F. The van der Waals surface area contributed by atoms with E-state index in [9.17, 15) is 18.4 Å². The van der Waals surface area contributed by atoms with Gasteiger partial charge in [-0.1, -0.05) is 30.3 Å². The van der Waals surface area contributed by atoms with Crippen molar-refractivity contribution in [2.24, 2.45) is 7.05 Å². The first-order valence-electron chi connectivity index (χ1n) is 8.75. The summed E-state index contributed by atoms with van der Waals surface area (Å²) in [5.41, 5.74) is -0.201. The molecule has 152 valence electrons. The average Bonchev–Trinajstić information content (AvgIpc) is 2.70. The van der Waals surface area contributed by atoms with E-state index in [0.717, 1.165) is 4.68 Å². The van der Waals surface area contributed by atoms with E-state index in [-0.39, 0.29) is 41.5 Å². The average molecular weight is 404 g/mol. The maximum absolute atomic E-state index is 12.8. The Balaban J connectivity index is 1.90. The van der Waals surface area contributed by atoms with Crippen molar-refractivity contribution in [2.45, 2.75) is 20.1 Å².